The van der Waals surface area contributed by atoms with Crippen molar-refractivity contribution in [3.63, 3.8) is 0 Å². The maximum absolute atomic E-state index is 12.8. The summed E-state index contributed by atoms with van der Waals surface area (Å²) in [5.41, 5.74) is 6.15. The minimum Gasteiger partial charge on any atom is -0.507 e. The van der Waals surface area contributed by atoms with E-state index in [-0.39, 0.29) is 23.2 Å². The molecule has 0 aliphatic rings. The second-order valence-corrected chi connectivity index (χ2v) is 12.3. The van der Waals surface area contributed by atoms with Crippen molar-refractivity contribution in [2.45, 2.75) is 65.2 Å². The predicted molar refractivity (Wildman–Crippen MR) is 165 cm³/mol. The van der Waals surface area contributed by atoms with Crippen LogP contribution >= 0.6 is 0 Å². The number of carbonyl (C=O) groups excluding carboxylic acids is 2. The summed E-state index contributed by atoms with van der Waals surface area (Å²) in [5.74, 6) is 0.123. The van der Waals surface area contributed by atoms with Crippen molar-refractivity contribution in [2.24, 2.45) is 5.10 Å². The van der Waals surface area contributed by atoms with E-state index in [2.05, 4.69) is 52.1 Å². The fraction of sp³-hybridized carbons (Fsp3) is 0.286. The lowest BCUT2D eigenvalue weighted by molar-refractivity contribution is -0.121. The molecule has 6 nitrogen and oxygen atoms in total. The van der Waals surface area contributed by atoms with Gasteiger partial charge in [-0.1, -0.05) is 90.1 Å². The lowest BCUT2D eigenvalue weighted by Gasteiger charge is -2.28. The highest BCUT2D eigenvalue weighted by atomic mass is 16.5. The van der Waals surface area contributed by atoms with Gasteiger partial charge in [0.15, 0.2) is 0 Å². The fourth-order valence-electron chi connectivity index (χ4n) is 4.66. The van der Waals surface area contributed by atoms with Crippen molar-refractivity contribution < 1.29 is 19.4 Å². The average molecular weight is 551 g/mol. The van der Waals surface area contributed by atoms with Crippen LogP contribution in [0.4, 0.5) is 0 Å². The zero-order valence-electron chi connectivity index (χ0n) is 24.6. The fourth-order valence-corrected chi connectivity index (χ4v) is 4.66. The molecule has 0 spiro atoms. The number of fused-ring (bicyclic) bond motifs is 1. The summed E-state index contributed by atoms with van der Waals surface area (Å²) in [4.78, 5) is 25.3. The molecule has 0 atom stereocenters. The molecule has 0 aliphatic heterocycles. The monoisotopic (exact) mass is 550 g/mol. The SMILES string of the molecule is CC(C)(C)c1cc(CCC(=O)N/N=C\c2ccc(OC(=O)c3cccc4ccccc34)cc2)cc(C(C)(C)C)c1O. The van der Waals surface area contributed by atoms with Gasteiger partial charge in [0.25, 0.3) is 0 Å². The van der Waals surface area contributed by atoms with Crippen molar-refractivity contribution in [1.82, 2.24) is 5.43 Å². The van der Waals surface area contributed by atoms with Gasteiger partial charge in [-0.25, -0.2) is 10.2 Å². The quantitative estimate of drug-likeness (QED) is 0.108. The Morgan fingerprint density at radius 2 is 1.46 bits per heavy atom. The summed E-state index contributed by atoms with van der Waals surface area (Å²) in [7, 11) is 0. The van der Waals surface area contributed by atoms with Crippen molar-refractivity contribution in [2.75, 3.05) is 0 Å². The van der Waals surface area contributed by atoms with Crippen molar-refractivity contribution in [3.8, 4) is 11.5 Å². The molecule has 41 heavy (non-hydrogen) atoms. The third-order valence-corrected chi connectivity index (χ3v) is 6.93. The van der Waals surface area contributed by atoms with E-state index in [1.54, 1.807) is 36.5 Å². The molecule has 0 bridgehead atoms. The highest BCUT2D eigenvalue weighted by Gasteiger charge is 2.26. The average Bonchev–Trinajstić information content (AvgIpc) is 2.91. The van der Waals surface area contributed by atoms with E-state index >= 15 is 0 Å². The Kier molecular flexibility index (Phi) is 8.62. The smallest absolute Gasteiger partial charge is 0.344 e. The van der Waals surface area contributed by atoms with Gasteiger partial charge in [-0.05, 0) is 80.6 Å². The first kappa shape index (κ1) is 29.5. The van der Waals surface area contributed by atoms with E-state index in [1.807, 2.05) is 48.5 Å². The number of hydrogen-bond donors (Lipinski definition) is 2. The van der Waals surface area contributed by atoms with Crippen LogP contribution in [0.5, 0.6) is 11.5 Å². The van der Waals surface area contributed by atoms with Crippen LogP contribution in [0.2, 0.25) is 0 Å². The number of amides is 1. The molecule has 0 unspecified atom stereocenters. The number of nitrogens with one attached hydrogen (secondary N) is 1. The van der Waals surface area contributed by atoms with Gasteiger partial charge in [0.2, 0.25) is 5.91 Å². The van der Waals surface area contributed by atoms with Gasteiger partial charge in [0.05, 0.1) is 11.8 Å². The Bertz CT molecular complexity index is 1550. The molecule has 212 valence electrons. The third kappa shape index (κ3) is 7.40. The summed E-state index contributed by atoms with van der Waals surface area (Å²) in [6.07, 6.45) is 2.34. The van der Waals surface area contributed by atoms with Crippen LogP contribution in [0.1, 0.15) is 80.6 Å². The van der Waals surface area contributed by atoms with E-state index in [0.29, 0.717) is 23.5 Å². The van der Waals surface area contributed by atoms with Crippen LogP contribution in [0.15, 0.2) is 84.0 Å². The number of esters is 1. The lowest BCUT2D eigenvalue weighted by Crippen LogP contribution is -2.20. The first-order valence-electron chi connectivity index (χ1n) is 13.8. The first-order valence-corrected chi connectivity index (χ1v) is 13.8. The molecule has 0 radical (unpaired) electrons. The number of hydrazone groups is 1. The van der Waals surface area contributed by atoms with E-state index < -0.39 is 5.97 Å². The molecule has 2 N–H and O–H groups in total. The molecule has 4 rings (SSSR count). The van der Waals surface area contributed by atoms with Crippen molar-refractivity contribution in [1.29, 1.82) is 0 Å². The molecule has 0 heterocycles. The number of phenols is 1. The molecular weight excluding hydrogens is 512 g/mol. The summed E-state index contributed by atoms with van der Waals surface area (Å²) >= 11 is 0. The molecule has 4 aromatic rings. The highest BCUT2D eigenvalue weighted by molar-refractivity contribution is 6.05. The van der Waals surface area contributed by atoms with Gasteiger partial charge in [0.1, 0.15) is 11.5 Å². The number of hydrogen-bond acceptors (Lipinski definition) is 5. The molecule has 4 aromatic carbocycles. The summed E-state index contributed by atoms with van der Waals surface area (Å²) in [6.45, 7) is 12.4. The Morgan fingerprint density at radius 1 is 0.854 bits per heavy atom. The van der Waals surface area contributed by atoms with Gasteiger partial charge in [-0.2, -0.15) is 5.10 Å². The van der Waals surface area contributed by atoms with Gasteiger partial charge in [-0.15, -0.1) is 0 Å². The topological polar surface area (TPSA) is 88.0 Å². The minimum atomic E-state index is -0.423. The number of aryl methyl sites for hydroxylation is 1. The maximum Gasteiger partial charge on any atom is 0.344 e. The minimum absolute atomic E-state index is 0.204. The summed E-state index contributed by atoms with van der Waals surface area (Å²) in [6, 6.07) is 24.1. The lowest BCUT2D eigenvalue weighted by atomic mass is 9.78. The predicted octanol–water partition coefficient (Wildman–Crippen LogP) is 7.44. The number of benzene rings is 4. The Morgan fingerprint density at radius 3 is 2.10 bits per heavy atom. The molecule has 0 saturated heterocycles. The summed E-state index contributed by atoms with van der Waals surface area (Å²) in [5, 5.41) is 16.8. The third-order valence-electron chi connectivity index (χ3n) is 6.93. The number of aromatic hydroxyl groups is 1. The number of nitrogens with zero attached hydrogens (tertiary/aromatic N) is 1. The van der Waals surface area contributed by atoms with Crippen LogP contribution in [0.25, 0.3) is 10.8 Å². The molecule has 0 fully saturated rings. The van der Waals surface area contributed by atoms with Crippen molar-refractivity contribution >= 4 is 28.9 Å². The van der Waals surface area contributed by atoms with Gasteiger partial charge < -0.3 is 9.84 Å². The molecule has 0 aromatic heterocycles. The second kappa shape index (κ2) is 12.0. The summed E-state index contributed by atoms with van der Waals surface area (Å²) < 4.78 is 5.58. The van der Waals surface area contributed by atoms with Gasteiger partial charge in [0, 0.05) is 6.42 Å². The van der Waals surface area contributed by atoms with Crippen LogP contribution in [-0.4, -0.2) is 23.2 Å². The first-order chi connectivity index (χ1) is 19.3. The molecule has 1 amide bonds. The molecule has 0 saturated carbocycles. The van der Waals surface area contributed by atoms with Crippen LogP contribution < -0.4 is 10.2 Å². The molecular formula is C35H38N2O4. The Hall–Kier alpha value is -4.45. The van der Waals surface area contributed by atoms with Gasteiger partial charge in [-0.3, -0.25) is 4.79 Å². The van der Waals surface area contributed by atoms with E-state index in [4.69, 9.17) is 4.74 Å². The Labute approximate surface area is 242 Å². The van der Waals surface area contributed by atoms with Crippen LogP contribution in [0, 0.1) is 0 Å². The maximum atomic E-state index is 12.8. The Balaban J connectivity index is 1.34. The number of carbonyl (C=O) groups is 2. The standard InChI is InChI=1S/C35H38N2O4/c1-34(2,3)29-20-24(21-30(32(29)39)35(4,5)6)16-19-31(38)37-36-22-23-14-17-26(18-15-23)41-33(40)28-13-9-11-25-10-7-8-12-27(25)28/h7-15,17-18,20-22,39H,16,19H2,1-6H3,(H,37,38)/b36-22-. The normalized spacial score (nSPS) is 12.0. The molecule has 0 aliphatic carbocycles. The van der Waals surface area contributed by atoms with E-state index in [0.717, 1.165) is 33.0 Å². The van der Waals surface area contributed by atoms with Gasteiger partial charge >= 0.3 is 5.97 Å². The number of ether oxygens (including phenoxy) is 1. The zero-order chi connectivity index (χ0) is 29.8. The van der Waals surface area contributed by atoms with Crippen LogP contribution in [-0.2, 0) is 22.0 Å². The second-order valence-electron chi connectivity index (χ2n) is 12.3. The largest absolute Gasteiger partial charge is 0.507 e. The number of phenolic OH excluding ortho intramolecular Hbond substituents is 1. The highest BCUT2D eigenvalue weighted by Crippen LogP contribution is 2.40. The number of rotatable bonds is 7. The zero-order valence-corrected chi connectivity index (χ0v) is 24.6. The van der Waals surface area contributed by atoms with E-state index in [9.17, 15) is 14.7 Å². The van der Waals surface area contributed by atoms with Crippen LogP contribution in [0.3, 0.4) is 0 Å². The molecule has 6 heteroatoms. The van der Waals surface area contributed by atoms with Crippen molar-refractivity contribution in [3.05, 3.63) is 107 Å². The van der Waals surface area contributed by atoms with E-state index in [1.165, 1.54) is 0 Å².